The van der Waals surface area contributed by atoms with E-state index >= 15 is 0 Å². The Morgan fingerprint density at radius 2 is 1.81 bits per heavy atom. The van der Waals surface area contributed by atoms with Crippen LogP contribution in [0.5, 0.6) is 0 Å². The molecule has 0 aliphatic rings. The van der Waals surface area contributed by atoms with Gasteiger partial charge in [0, 0.05) is 6.54 Å². The summed E-state index contributed by atoms with van der Waals surface area (Å²) in [7, 11) is 0. The number of benzene rings is 2. The molecule has 0 radical (unpaired) electrons. The van der Waals surface area contributed by atoms with Crippen molar-refractivity contribution in [2.75, 3.05) is 11.9 Å². The third-order valence-corrected chi connectivity index (χ3v) is 3.69. The number of nitrogens with one attached hydrogen (secondary N) is 2. The SMILES string of the molecule is CC(O)(CCNc1nc2ccccc2[nH]1)c1ccccc1. The number of hydrogen-bond acceptors (Lipinski definition) is 3. The van der Waals surface area contributed by atoms with Crippen molar-refractivity contribution in [1.29, 1.82) is 0 Å². The minimum atomic E-state index is -0.847. The Balaban J connectivity index is 1.63. The molecule has 0 aliphatic carbocycles. The second-order valence-corrected chi connectivity index (χ2v) is 5.42. The lowest BCUT2D eigenvalue weighted by atomic mass is 9.93. The van der Waals surface area contributed by atoms with Crippen molar-refractivity contribution in [3.8, 4) is 0 Å². The van der Waals surface area contributed by atoms with E-state index in [4.69, 9.17) is 0 Å². The average Bonchev–Trinajstić information content (AvgIpc) is 2.90. The molecule has 3 rings (SSSR count). The van der Waals surface area contributed by atoms with E-state index in [1.807, 2.05) is 61.5 Å². The van der Waals surface area contributed by atoms with Crippen molar-refractivity contribution in [3.63, 3.8) is 0 Å². The summed E-state index contributed by atoms with van der Waals surface area (Å²) in [6.07, 6.45) is 0.605. The second-order valence-electron chi connectivity index (χ2n) is 5.42. The van der Waals surface area contributed by atoms with Gasteiger partial charge in [0.2, 0.25) is 5.95 Å². The maximum absolute atomic E-state index is 10.5. The Labute approximate surface area is 123 Å². The highest BCUT2D eigenvalue weighted by atomic mass is 16.3. The molecule has 0 amide bonds. The molecule has 3 aromatic rings. The normalized spacial score (nSPS) is 14.0. The summed E-state index contributed by atoms with van der Waals surface area (Å²) in [5.74, 6) is 0.736. The zero-order chi connectivity index (χ0) is 14.7. The van der Waals surface area contributed by atoms with Crippen molar-refractivity contribution in [2.45, 2.75) is 18.9 Å². The predicted molar refractivity (Wildman–Crippen MR) is 85.2 cm³/mol. The number of nitrogens with zero attached hydrogens (tertiary/aromatic N) is 1. The first-order valence-electron chi connectivity index (χ1n) is 7.12. The molecular formula is C17H19N3O. The Morgan fingerprint density at radius 1 is 1.10 bits per heavy atom. The molecule has 1 unspecified atom stereocenters. The van der Waals surface area contributed by atoms with Crippen LogP contribution in [0.1, 0.15) is 18.9 Å². The zero-order valence-corrected chi connectivity index (χ0v) is 12.0. The van der Waals surface area contributed by atoms with Gasteiger partial charge in [-0.2, -0.15) is 0 Å². The Morgan fingerprint density at radius 3 is 2.57 bits per heavy atom. The van der Waals surface area contributed by atoms with Gasteiger partial charge in [0.25, 0.3) is 0 Å². The number of rotatable bonds is 5. The fourth-order valence-electron chi connectivity index (χ4n) is 2.40. The number of aliphatic hydroxyl groups is 1. The van der Waals surface area contributed by atoms with Gasteiger partial charge < -0.3 is 15.4 Å². The van der Waals surface area contributed by atoms with Gasteiger partial charge in [0.05, 0.1) is 16.6 Å². The van der Waals surface area contributed by atoms with E-state index < -0.39 is 5.60 Å². The van der Waals surface area contributed by atoms with E-state index in [-0.39, 0.29) is 0 Å². The van der Waals surface area contributed by atoms with Crippen molar-refractivity contribution >= 4 is 17.0 Å². The molecular weight excluding hydrogens is 262 g/mol. The van der Waals surface area contributed by atoms with Crippen LogP contribution in [-0.4, -0.2) is 21.6 Å². The molecule has 21 heavy (non-hydrogen) atoms. The van der Waals surface area contributed by atoms with Crippen molar-refractivity contribution in [2.24, 2.45) is 0 Å². The minimum absolute atomic E-state index is 0.605. The number of hydrogen-bond donors (Lipinski definition) is 3. The van der Waals surface area contributed by atoms with Crippen molar-refractivity contribution in [1.82, 2.24) is 9.97 Å². The van der Waals surface area contributed by atoms with Gasteiger partial charge in [-0.15, -0.1) is 0 Å². The molecule has 0 spiro atoms. The first-order valence-corrected chi connectivity index (χ1v) is 7.12. The van der Waals surface area contributed by atoms with Crippen LogP contribution in [-0.2, 0) is 5.60 Å². The molecule has 4 heteroatoms. The molecule has 108 valence electrons. The highest BCUT2D eigenvalue weighted by Crippen LogP contribution is 2.24. The lowest BCUT2D eigenvalue weighted by Crippen LogP contribution is -2.24. The maximum atomic E-state index is 10.5. The van der Waals surface area contributed by atoms with Crippen LogP contribution in [0.3, 0.4) is 0 Å². The summed E-state index contributed by atoms with van der Waals surface area (Å²) >= 11 is 0. The molecule has 0 bridgehead atoms. The van der Waals surface area contributed by atoms with Gasteiger partial charge in [0.15, 0.2) is 0 Å². The smallest absolute Gasteiger partial charge is 0.201 e. The van der Waals surface area contributed by atoms with Crippen molar-refractivity contribution in [3.05, 3.63) is 60.2 Å². The molecule has 2 aromatic carbocycles. The van der Waals surface area contributed by atoms with E-state index in [0.717, 1.165) is 22.5 Å². The molecule has 3 N–H and O–H groups in total. The van der Waals surface area contributed by atoms with Gasteiger partial charge in [-0.05, 0) is 31.0 Å². The molecule has 0 fully saturated rings. The number of aromatic amines is 1. The predicted octanol–water partition coefficient (Wildman–Crippen LogP) is 3.27. The average molecular weight is 281 g/mol. The number of aromatic nitrogens is 2. The fourth-order valence-corrected chi connectivity index (χ4v) is 2.40. The quantitative estimate of drug-likeness (QED) is 0.672. The molecule has 0 saturated heterocycles. The molecule has 1 atom stereocenters. The fraction of sp³-hybridized carbons (Fsp3) is 0.235. The summed E-state index contributed by atoms with van der Waals surface area (Å²) in [4.78, 5) is 7.67. The first kappa shape index (κ1) is 13.6. The summed E-state index contributed by atoms with van der Waals surface area (Å²) in [6, 6.07) is 17.6. The number of para-hydroxylation sites is 2. The Kier molecular flexibility index (Phi) is 3.62. The number of fused-ring (bicyclic) bond motifs is 1. The van der Waals surface area contributed by atoms with Gasteiger partial charge in [0.1, 0.15) is 0 Å². The highest BCUT2D eigenvalue weighted by molar-refractivity contribution is 5.77. The van der Waals surface area contributed by atoms with Crippen LogP contribution in [0.4, 0.5) is 5.95 Å². The van der Waals surface area contributed by atoms with E-state index in [1.54, 1.807) is 0 Å². The van der Waals surface area contributed by atoms with Gasteiger partial charge in [-0.3, -0.25) is 0 Å². The minimum Gasteiger partial charge on any atom is -0.385 e. The largest absolute Gasteiger partial charge is 0.385 e. The lowest BCUT2D eigenvalue weighted by molar-refractivity contribution is 0.0515. The first-order chi connectivity index (χ1) is 10.1. The molecule has 1 heterocycles. The summed E-state index contributed by atoms with van der Waals surface area (Å²) in [6.45, 7) is 2.48. The van der Waals surface area contributed by atoms with Gasteiger partial charge >= 0.3 is 0 Å². The van der Waals surface area contributed by atoms with E-state index in [1.165, 1.54) is 0 Å². The van der Waals surface area contributed by atoms with Crippen molar-refractivity contribution < 1.29 is 5.11 Å². The highest BCUT2D eigenvalue weighted by Gasteiger charge is 2.22. The third-order valence-electron chi connectivity index (χ3n) is 3.69. The van der Waals surface area contributed by atoms with Crippen LogP contribution in [0.25, 0.3) is 11.0 Å². The van der Waals surface area contributed by atoms with E-state index in [9.17, 15) is 5.11 Å². The summed E-state index contributed by atoms with van der Waals surface area (Å²) < 4.78 is 0. The van der Waals surface area contributed by atoms with Crippen LogP contribution in [0, 0.1) is 0 Å². The summed E-state index contributed by atoms with van der Waals surface area (Å²) in [5, 5.41) is 13.8. The van der Waals surface area contributed by atoms with E-state index in [0.29, 0.717) is 13.0 Å². The Hall–Kier alpha value is -2.33. The molecule has 0 aliphatic heterocycles. The van der Waals surface area contributed by atoms with Crippen LogP contribution in [0.15, 0.2) is 54.6 Å². The van der Waals surface area contributed by atoms with Gasteiger partial charge in [-0.25, -0.2) is 4.98 Å². The van der Waals surface area contributed by atoms with Crippen LogP contribution in [0.2, 0.25) is 0 Å². The number of imidazole rings is 1. The molecule has 1 aromatic heterocycles. The zero-order valence-electron chi connectivity index (χ0n) is 12.0. The van der Waals surface area contributed by atoms with Gasteiger partial charge in [-0.1, -0.05) is 42.5 Å². The monoisotopic (exact) mass is 281 g/mol. The molecule has 0 saturated carbocycles. The second kappa shape index (κ2) is 5.58. The molecule has 4 nitrogen and oxygen atoms in total. The van der Waals surface area contributed by atoms with E-state index in [2.05, 4.69) is 15.3 Å². The number of H-pyrrole nitrogens is 1. The Bertz CT molecular complexity index is 686. The standard InChI is InChI=1S/C17H19N3O/c1-17(21,13-7-3-2-4-8-13)11-12-18-16-19-14-9-5-6-10-15(14)20-16/h2-10,21H,11-12H2,1H3,(H2,18,19,20). The third kappa shape index (κ3) is 3.06. The summed E-state index contributed by atoms with van der Waals surface area (Å²) in [5.41, 5.74) is 2.03. The van der Waals surface area contributed by atoms with Crippen LogP contribution < -0.4 is 5.32 Å². The van der Waals surface area contributed by atoms with Crippen LogP contribution >= 0.6 is 0 Å². The topological polar surface area (TPSA) is 60.9 Å². The number of anilines is 1. The maximum Gasteiger partial charge on any atom is 0.201 e. The lowest BCUT2D eigenvalue weighted by Gasteiger charge is -2.23.